The molecule has 0 aliphatic carbocycles. The normalized spacial score (nSPS) is 19.9. The van der Waals surface area contributed by atoms with Gasteiger partial charge in [-0.3, -0.25) is 4.79 Å². The van der Waals surface area contributed by atoms with Crippen LogP contribution in [0.25, 0.3) is 0 Å². The molecule has 1 aliphatic rings. The zero-order valence-electron chi connectivity index (χ0n) is 9.28. The average molecular weight is 256 g/mol. The molecule has 0 radical (unpaired) electrons. The first-order valence-electron chi connectivity index (χ1n) is 5.47. The molecule has 1 amide bonds. The van der Waals surface area contributed by atoms with Gasteiger partial charge in [0, 0.05) is 19.0 Å². The van der Waals surface area contributed by atoms with Gasteiger partial charge in [0.2, 0.25) is 5.91 Å². The Morgan fingerprint density at radius 2 is 2.53 bits per heavy atom. The zero-order valence-corrected chi connectivity index (χ0v) is 10.0. The van der Waals surface area contributed by atoms with Crippen LogP contribution in [0.1, 0.15) is 6.42 Å². The van der Waals surface area contributed by atoms with Gasteiger partial charge in [-0.25, -0.2) is 4.98 Å². The van der Waals surface area contributed by atoms with Crippen molar-refractivity contribution in [3.63, 3.8) is 0 Å². The van der Waals surface area contributed by atoms with E-state index in [2.05, 4.69) is 15.6 Å². The number of hydrogen-bond donors (Lipinski definition) is 2. The lowest BCUT2D eigenvalue weighted by atomic mass is 10.2. The third kappa shape index (κ3) is 3.96. The number of nitrogens with one attached hydrogen (secondary N) is 2. The molecule has 17 heavy (non-hydrogen) atoms. The number of pyridine rings is 1. The van der Waals surface area contributed by atoms with E-state index in [1.807, 2.05) is 0 Å². The highest BCUT2D eigenvalue weighted by molar-refractivity contribution is 6.29. The highest BCUT2D eigenvalue weighted by atomic mass is 35.5. The molecule has 0 spiro atoms. The highest BCUT2D eigenvalue weighted by Crippen LogP contribution is 2.10. The third-order valence-corrected chi connectivity index (χ3v) is 2.62. The molecule has 92 valence electrons. The van der Waals surface area contributed by atoms with Crippen molar-refractivity contribution in [3.8, 4) is 0 Å². The summed E-state index contributed by atoms with van der Waals surface area (Å²) in [7, 11) is 0. The van der Waals surface area contributed by atoms with Gasteiger partial charge in [-0.1, -0.05) is 17.7 Å². The second kappa shape index (κ2) is 5.95. The number of carbonyl (C=O) groups is 1. The molecule has 2 heterocycles. The molecular formula is C11H14ClN3O2. The predicted molar refractivity (Wildman–Crippen MR) is 65.1 cm³/mol. The molecule has 1 unspecified atom stereocenters. The molecule has 0 saturated carbocycles. The third-order valence-electron chi connectivity index (χ3n) is 2.41. The van der Waals surface area contributed by atoms with Crippen LogP contribution in [0, 0.1) is 0 Å². The SMILES string of the molecule is O=C(CC1COCCN1)Nc1cccc(Cl)n1. The fourth-order valence-electron chi connectivity index (χ4n) is 1.65. The van der Waals surface area contributed by atoms with Crippen LogP contribution in [0.5, 0.6) is 0 Å². The zero-order chi connectivity index (χ0) is 12.1. The van der Waals surface area contributed by atoms with Crippen LogP contribution >= 0.6 is 11.6 Å². The Bertz CT molecular complexity index is 394. The molecule has 0 aromatic carbocycles. The molecule has 1 saturated heterocycles. The van der Waals surface area contributed by atoms with Crippen molar-refractivity contribution in [2.75, 3.05) is 25.1 Å². The molecule has 1 atom stereocenters. The Morgan fingerprint density at radius 1 is 1.65 bits per heavy atom. The highest BCUT2D eigenvalue weighted by Gasteiger charge is 2.16. The molecule has 1 aromatic heterocycles. The van der Waals surface area contributed by atoms with E-state index >= 15 is 0 Å². The lowest BCUT2D eigenvalue weighted by molar-refractivity contribution is -0.117. The molecule has 2 N–H and O–H groups in total. The maximum absolute atomic E-state index is 11.7. The van der Waals surface area contributed by atoms with Gasteiger partial charge in [0.1, 0.15) is 11.0 Å². The van der Waals surface area contributed by atoms with Gasteiger partial charge in [0.25, 0.3) is 0 Å². The predicted octanol–water partition coefficient (Wildman–Crippen LogP) is 1.05. The summed E-state index contributed by atoms with van der Waals surface area (Å²) in [5, 5.41) is 6.28. The fraction of sp³-hybridized carbons (Fsp3) is 0.455. The van der Waals surface area contributed by atoms with Crippen LogP contribution in [0.15, 0.2) is 18.2 Å². The Labute approximate surface area is 105 Å². The van der Waals surface area contributed by atoms with Crippen molar-refractivity contribution in [2.45, 2.75) is 12.5 Å². The van der Waals surface area contributed by atoms with Crippen LogP contribution in [0.3, 0.4) is 0 Å². The van der Waals surface area contributed by atoms with Crippen molar-refractivity contribution in [1.29, 1.82) is 0 Å². The van der Waals surface area contributed by atoms with Crippen molar-refractivity contribution in [2.24, 2.45) is 0 Å². The molecule has 2 rings (SSSR count). The van der Waals surface area contributed by atoms with Crippen molar-refractivity contribution >= 4 is 23.3 Å². The molecule has 5 nitrogen and oxygen atoms in total. The van der Waals surface area contributed by atoms with Crippen LogP contribution in [0.4, 0.5) is 5.82 Å². The minimum atomic E-state index is -0.0947. The average Bonchev–Trinajstić information content (AvgIpc) is 2.30. The number of rotatable bonds is 3. The van der Waals surface area contributed by atoms with Crippen LogP contribution in [-0.2, 0) is 9.53 Å². The summed E-state index contributed by atoms with van der Waals surface area (Å²) in [5.74, 6) is 0.377. The van der Waals surface area contributed by atoms with E-state index in [9.17, 15) is 4.79 Å². The molecule has 1 fully saturated rings. The van der Waals surface area contributed by atoms with E-state index in [0.717, 1.165) is 6.54 Å². The summed E-state index contributed by atoms with van der Waals surface area (Å²) >= 11 is 5.73. The first kappa shape index (κ1) is 12.3. The van der Waals surface area contributed by atoms with Crippen LogP contribution < -0.4 is 10.6 Å². The monoisotopic (exact) mass is 255 g/mol. The molecule has 1 aliphatic heterocycles. The summed E-state index contributed by atoms with van der Waals surface area (Å²) in [6.45, 7) is 2.05. The standard InChI is InChI=1S/C11H14ClN3O2/c12-9-2-1-3-10(14-9)15-11(16)6-8-7-17-5-4-13-8/h1-3,8,13H,4-7H2,(H,14,15,16). The van der Waals surface area contributed by atoms with E-state index in [1.165, 1.54) is 0 Å². The lowest BCUT2D eigenvalue weighted by Crippen LogP contribution is -2.43. The second-order valence-electron chi connectivity index (χ2n) is 3.82. The molecular weight excluding hydrogens is 242 g/mol. The quantitative estimate of drug-likeness (QED) is 0.793. The maximum Gasteiger partial charge on any atom is 0.227 e. The van der Waals surface area contributed by atoms with Crippen molar-refractivity contribution in [3.05, 3.63) is 23.4 Å². The number of halogens is 1. The van der Waals surface area contributed by atoms with Gasteiger partial charge < -0.3 is 15.4 Å². The van der Waals surface area contributed by atoms with Crippen LogP contribution in [0.2, 0.25) is 5.15 Å². The minimum absolute atomic E-state index is 0.0722. The second-order valence-corrected chi connectivity index (χ2v) is 4.21. The summed E-state index contributed by atoms with van der Waals surface area (Å²) in [6, 6.07) is 5.18. The molecule has 1 aromatic rings. The first-order chi connectivity index (χ1) is 8.24. The number of ether oxygens (including phenoxy) is 1. The molecule has 6 heteroatoms. The van der Waals surface area contributed by atoms with Crippen molar-refractivity contribution in [1.82, 2.24) is 10.3 Å². The smallest absolute Gasteiger partial charge is 0.227 e. The molecule has 0 bridgehead atoms. The van der Waals surface area contributed by atoms with Gasteiger partial charge in [-0.05, 0) is 12.1 Å². The number of nitrogens with zero attached hydrogens (tertiary/aromatic N) is 1. The van der Waals surface area contributed by atoms with E-state index < -0.39 is 0 Å². The van der Waals surface area contributed by atoms with Gasteiger partial charge in [0.15, 0.2) is 0 Å². The number of anilines is 1. The van der Waals surface area contributed by atoms with Gasteiger partial charge in [0.05, 0.1) is 13.2 Å². The van der Waals surface area contributed by atoms with E-state index in [0.29, 0.717) is 30.6 Å². The lowest BCUT2D eigenvalue weighted by Gasteiger charge is -2.23. The fourth-order valence-corrected chi connectivity index (χ4v) is 1.81. The summed E-state index contributed by atoms with van der Waals surface area (Å²) in [4.78, 5) is 15.7. The van der Waals surface area contributed by atoms with E-state index in [-0.39, 0.29) is 11.9 Å². The Hall–Kier alpha value is -1.17. The van der Waals surface area contributed by atoms with Crippen molar-refractivity contribution < 1.29 is 9.53 Å². The van der Waals surface area contributed by atoms with E-state index in [1.54, 1.807) is 18.2 Å². The largest absolute Gasteiger partial charge is 0.378 e. The van der Waals surface area contributed by atoms with Gasteiger partial charge in [-0.2, -0.15) is 0 Å². The summed E-state index contributed by atoms with van der Waals surface area (Å²) in [6.07, 6.45) is 0.369. The number of aromatic nitrogens is 1. The van der Waals surface area contributed by atoms with Gasteiger partial charge >= 0.3 is 0 Å². The van der Waals surface area contributed by atoms with Gasteiger partial charge in [-0.15, -0.1) is 0 Å². The first-order valence-corrected chi connectivity index (χ1v) is 5.85. The minimum Gasteiger partial charge on any atom is -0.378 e. The van der Waals surface area contributed by atoms with Crippen LogP contribution in [-0.4, -0.2) is 36.7 Å². The summed E-state index contributed by atoms with van der Waals surface area (Å²) in [5.41, 5.74) is 0. The number of hydrogen-bond acceptors (Lipinski definition) is 4. The summed E-state index contributed by atoms with van der Waals surface area (Å²) < 4.78 is 5.27. The number of amides is 1. The number of carbonyl (C=O) groups excluding carboxylic acids is 1. The maximum atomic E-state index is 11.7. The topological polar surface area (TPSA) is 63.2 Å². The Morgan fingerprint density at radius 3 is 3.24 bits per heavy atom. The Balaban J connectivity index is 1.84. The van der Waals surface area contributed by atoms with E-state index in [4.69, 9.17) is 16.3 Å². The Kier molecular flexibility index (Phi) is 4.30. The number of morpholine rings is 1.